The van der Waals surface area contributed by atoms with Crippen LogP contribution < -0.4 is 16.6 Å². The number of hydrogen-bond acceptors (Lipinski definition) is 5. The van der Waals surface area contributed by atoms with Gasteiger partial charge in [-0.3, -0.25) is 20.6 Å². The maximum atomic E-state index is 13.5. The third-order valence-corrected chi connectivity index (χ3v) is 2.67. The summed E-state index contributed by atoms with van der Waals surface area (Å²) in [6, 6.07) is 4.14. The van der Waals surface area contributed by atoms with Gasteiger partial charge in [-0.2, -0.15) is 0 Å². The van der Waals surface area contributed by atoms with E-state index < -0.39 is 11.7 Å². The van der Waals surface area contributed by atoms with Crippen LogP contribution in [0.3, 0.4) is 0 Å². The molecular formula is C13H14FN5O. The lowest BCUT2D eigenvalue weighted by atomic mass is 10.1. The second-order valence-corrected chi connectivity index (χ2v) is 4.14. The van der Waals surface area contributed by atoms with E-state index in [4.69, 9.17) is 5.84 Å². The third kappa shape index (κ3) is 3.07. The van der Waals surface area contributed by atoms with Gasteiger partial charge in [-0.1, -0.05) is 6.07 Å². The fourth-order valence-corrected chi connectivity index (χ4v) is 1.64. The molecule has 20 heavy (non-hydrogen) atoms. The Morgan fingerprint density at radius 1 is 1.35 bits per heavy atom. The van der Waals surface area contributed by atoms with E-state index in [1.807, 2.05) is 6.92 Å². The highest BCUT2D eigenvalue weighted by atomic mass is 19.1. The number of benzene rings is 1. The summed E-state index contributed by atoms with van der Waals surface area (Å²) in [5, 5.41) is 2.63. The number of carbonyl (C=O) groups is 1. The van der Waals surface area contributed by atoms with E-state index >= 15 is 0 Å². The molecule has 0 radical (unpaired) electrons. The highest BCUT2D eigenvalue weighted by Gasteiger charge is 2.14. The van der Waals surface area contributed by atoms with Crippen LogP contribution >= 0.6 is 0 Å². The molecule has 1 aromatic carbocycles. The number of aromatic nitrogens is 2. The van der Waals surface area contributed by atoms with E-state index in [0.29, 0.717) is 5.69 Å². The van der Waals surface area contributed by atoms with Gasteiger partial charge < -0.3 is 10.7 Å². The number of hydrazine groups is 1. The molecule has 0 bridgehead atoms. The van der Waals surface area contributed by atoms with Gasteiger partial charge in [0.15, 0.2) is 0 Å². The molecule has 6 nitrogen and oxygen atoms in total. The predicted octanol–water partition coefficient (Wildman–Crippen LogP) is 1.14. The smallest absolute Gasteiger partial charge is 0.253 e. The molecular weight excluding hydrogens is 261 g/mol. The third-order valence-electron chi connectivity index (χ3n) is 2.67. The van der Waals surface area contributed by atoms with Crippen molar-refractivity contribution < 1.29 is 9.18 Å². The summed E-state index contributed by atoms with van der Waals surface area (Å²) in [5.74, 6) is 4.19. The minimum Gasteiger partial charge on any atom is -0.346 e. The molecule has 2 aromatic rings. The Hall–Kier alpha value is -2.54. The van der Waals surface area contributed by atoms with Crippen molar-refractivity contribution in [3.8, 4) is 0 Å². The molecule has 0 unspecified atom stereocenters. The second-order valence-electron chi connectivity index (χ2n) is 4.14. The molecule has 7 heteroatoms. The summed E-state index contributed by atoms with van der Waals surface area (Å²) in [5.41, 5.74) is 3.68. The first-order valence-corrected chi connectivity index (χ1v) is 5.92. The van der Waals surface area contributed by atoms with Gasteiger partial charge in [0.25, 0.3) is 5.91 Å². The topological polar surface area (TPSA) is 92.9 Å². The van der Waals surface area contributed by atoms with Crippen molar-refractivity contribution >= 4 is 11.6 Å². The van der Waals surface area contributed by atoms with Gasteiger partial charge in [0.1, 0.15) is 5.82 Å². The first kappa shape index (κ1) is 13.9. The molecule has 1 heterocycles. The molecule has 0 atom stereocenters. The van der Waals surface area contributed by atoms with Crippen molar-refractivity contribution in [2.45, 2.75) is 13.5 Å². The summed E-state index contributed by atoms with van der Waals surface area (Å²) >= 11 is 0. The van der Waals surface area contributed by atoms with E-state index in [9.17, 15) is 9.18 Å². The molecule has 1 amide bonds. The molecule has 0 fully saturated rings. The Bertz CT molecular complexity index is 615. The van der Waals surface area contributed by atoms with Gasteiger partial charge in [-0.05, 0) is 19.1 Å². The quantitative estimate of drug-likeness (QED) is 0.574. The lowest BCUT2D eigenvalue weighted by molar-refractivity contribution is 0.0951. The van der Waals surface area contributed by atoms with Crippen LogP contribution in [0.25, 0.3) is 0 Å². The van der Waals surface area contributed by atoms with Crippen LogP contribution in [-0.4, -0.2) is 15.9 Å². The monoisotopic (exact) mass is 275 g/mol. The number of nitrogens with zero attached hydrogens (tertiary/aromatic N) is 2. The summed E-state index contributed by atoms with van der Waals surface area (Å²) in [7, 11) is 0. The number of carbonyl (C=O) groups excluding carboxylic acids is 1. The number of rotatable bonds is 4. The van der Waals surface area contributed by atoms with E-state index in [-0.39, 0.29) is 17.8 Å². The minimum atomic E-state index is -0.588. The van der Waals surface area contributed by atoms with E-state index in [0.717, 1.165) is 5.69 Å². The molecule has 0 saturated carbocycles. The van der Waals surface area contributed by atoms with E-state index in [2.05, 4.69) is 20.7 Å². The largest absolute Gasteiger partial charge is 0.346 e. The molecule has 0 aliphatic carbocycles. The normalized spacial score (nSPS) is 10.2. The number of amides is 1. The average molecular weight is 275 g/mol. The molecule has 0 aliphatic heterocycles. The van der Waals surface area contributed by atoms with Crippen LogP contribution in [0.4, 0.5) is 10.1 Å². The van der Waals surface area contributed by atoms with Crippen molar-refractivity contribution in [1.29, 1.82) is 0 Å². The lowest BCUT2D eigenvalue weighted by Gasteiger charge is -2.10. The zero-order valence-electron chi connectivity index (χ0n) is 10.9. The Labute approximate surface area is 115 Å². The molecule has 0 spiro atoms. The number of nitrogen functional groups attached to an aromatic ring is 1. The van der Waals surface area contributed by atoms with Gasteiger partial charge in [0.05, 0.1) is 35.4 Å². The number of nitrogens with two attached hydrogens (primary N) is 1. The van der Waals surface area contributed by atoms with Crippen molar-refractivity contribution in [2.24, 2.45) is 5.84 Å². The number of aryl methyl sites for hydroxylation is 1. The Morgan fingerprint density at radius 2 is 2.15 bits per heavy atom. The maximum absolute atomic E-state index is 13.5. The predicted molar refractivity (Wildman–Crippen MR) is 72.1 cm³/mol. The highest BCUT2D eigenvalue weighted by Crippen LogP contribution is 2.18. The summed E-state index contributed by atoms with van der Waals surface area (Å²) in [6.07, 6.45) is 3.18. The lowest BCUT2D eigenvalue weighted by Crippen LogP contribution is -2.25. The number of halogens is 1. The molecule has 1 aromatic heterocycles. The van der Waals surface area contributed by atoms with Gasteiger partial charge in [-0.25, -0.2) is 4.39 Å². The Morgan fingerprint density at radius 3 is 2.80 bits per heavy atom. The van der Waals surface area contributed by atoms with E-state index in [1.54, 1.807) is 12.4 Å². The highest BCUT2D eigenvalue weighted by molar-refractivity contribution is 5.99. The first-order valence-electron chi connectivity index (χ1n) is 5.92. The molecule has 0 saturated heterocycles. The van der Waals surface area contributed by atoms with Crippen LogP contribution in [0, 0.1) is 12.7 Å². The van der Waals surface area contributed by atoms with Crippen LogP contribution in [0.15, 0.2) is 30.6 Å². The van der Waals surface area contributed by atoms with Crippen LogP contribution in [0.5, 0.6) is 0 Å². The van der Waals surface area contributed by atoms with Crippen molar-refractivity contribution in [1.82, 2.24) is 15.3 Å². The second kappa shape index (κ2) is 6.07. The van der Waals surface area contributed by atoms with E-state index in [1.165, 1.54) is 18.2 Å². The molecule has 0 aliphatic rings. The van der Waals surface area contributed by atoms with Gasteiger partial charge in [0, 0.05) is 6.20 Å². The van der Waals surface area contributed by atoms with Crippen molar-refractivity contribution in [3.05, 3.63) is 53.4 Å². The Kier molecular flexibility index (Phi) is 4.21. The number of hydrogen-bond donors (Lipinski definition) is 3. The first-order chi connectivity index (χ1) is 9.61. The summed E-state index contributed by atoms with van der Waals surface area (Å²) in [4.78, 5) is 20.2. The van der Waals surface area contributed by atoms with Crippen molar-refractivity contribution in [2.75, 3.05) is 5.43 Å². The van der Waals surface area contributed by atoms with Gasteiger partial charge >= 0.3 is 0 Å². The zero-order chi connectivity index (χ0) is 14.5. The average Bonchev–Trinajstić information content (AvgIpc) is 2.46. The van der Waals surface area contributed by atoms with Gasteiger partial charge in [0.2, 0.25) is 0 Å². The van der Waals surface area contributed by atoms with Crippen molar-refractivity contribution in [3.63, 3.8) is 0 Å². The molecule has 4 N–H and O–H groups in total. The fourth-order valence-electron chi connectivity index (χ4n) is 1.64. The molecule has 104 valence electrons. The number of anilines is 1. The SMILES string of the molecule is Cc1cnc(CNC(=O)c2cccc(F)c2NN)cn1. The number of nitrogens with one attached hydrogen (secondary N) is 2. The zero-order valence-corrected chi connectivity index (χ0v) is 10.9. The maximum Gasteiger partial charge on any atom is 0.253 e. The summed E-state index contributed by atoms with van der Waals surface area (Å²) in [6.45, 7) is 2.02. The minimum absolute atomic E-state index is 0.0417. The van der Waals surface area contributed by atoms with Crippen LogP contribution in [0.1, 0.15) is 21.7 Å². The summed E-state index contributed by atoms with van der Waals surface area (Å²) < 4.78 is 13.5. The number of para-hydroxylation sites is 1. The van der Waals surface area contributed by atoms with Crippen LogP contribution in [0.2, 0.25) is 0 Å². The van der Waals surface area contributed by atoms with Gasteiger partial charge in [-0.15, -0.1) is 0 Å². The Balaban J connectivity index is 2.09. The fraction of sp³-hybridized carbons (Fsp3) is 0.154. The standard InChI is InChI=1S/C13H14FN5O/c1-8-5-17-9(6-16-8)7-18-13(20)10-3-2-4-11(14)12(10)19-15/h2-6,19H,7,15H2,1H3,(H,18,20). The molecule has 2 rings (SSSR count). The van der Waals surface area contributed by atoms with Crippen LogP contribution in [-0.2, 0) is 6.54 Å².